The minimum atomic E-state index is -0.948. The third-order valence-electron chi connectivity index (χ3n) is 2.94. The number of hydrogen-bond donors (Lipinski definition) is 2. The fourth-order valence-corrected chi connectivity index (χ4v) is 2.56. The molecule has 3 rings (SSSR count). The van der Waals surface area contributed by atoms with Crippen molar-refractivity contribution in [3.63, 3.8) is 0 Å². The lowest BCUT2D eigenvalue weighted by atomic mass is 10.3. The van der Waals surface area contributed by atoms with E-state index in [0.29, 0.717) is 27.8 Å². The lowest BCUT2D eigenvalue weighted by molar-refractivity contribution is -0.120. The molecule has 2 heterocycles. The molecule has 0 unspecified atom stereocenters. The van der Waals surface area contributed by atoms with Crippen LogP contribution in [-0.2, 0) is 17.0 Å². The predicted octanol–water partition coefficient (Wildman–Crippen LogP) is 1.80. The summed E-state index contributed by atoms with van der Waals surface area (Å²) in [6.45, 7) is 0. The fraction of sp³-hybridized carbons (Fsp3) is 0.231. The topological polar surface area (TPSA) is 96.7 Å². The SMILES string of the molecule is CNC(=O)Cc1noc(CSc2nc3cc(F)c(F)cc3[nH]2)n1. The monoisotopic (exact) mass is 339 g/mol. The summed E-state index contributed by atoms with van der Waals surface area (Å²) in [7, 11) is 1.52. The molecule has 0 saturated carbocycles. The van der Waals surface area contributed by atoms with Crippen molar-refractivity contribution >= 4 is 28.7 Å². The Morgan fingerprint density at radius 1 is 1.35 bits per heavy atom. The summed E-state index contributed by atoms with van der Waals surface area (Å²) in [5, 5.41) is 6.62. The fourth-order valence-electron chi connectivity index (χ4n) is 1.83. The van der Waals surface area contributed by atoms with Gasteiger partial charge in [0.15, 0.2) is 22.6 Å². The minimum Gasteiger partial charge on any atom is -0.359 e. The Hall–Kier alpha value is -2.49. The summed E-state index contributed by atoms with van der Waals surface area (Å²) >= 11 is 1.24. The van der Waals surface area contributed by atoms with E-state index in [1.807, 2.05) is 0 Å². The quantitative estimate of drug-likeness (QED) is 0.688. The number of nitrogens with one attached hydrogen (secondary N) is 2. The van der Waals surface area contributed by atoms with Crippen LogP contribution in [0.5, 0.6) is 0 Å². The van der Waals surface area contributed by atoms with Gasteiger partial charge in [-0.1, -0.05) is 16.9 Å². The molecule has 2 N–H and O–H groups in total. The molecule has 0 aliphatic carbocycles. The van der Waals surface area contributed by atoms with Crippen molar-refractivity contribution in [1.29, 1.82) is 0 Å². The molecule has 0 aliphatic rings. The van der Waals surface area contributed by atoms with Crippen LogP contribution in [0, 0.1) is 11.6 Å². The van der Waals surface area contributed by atoms with Crippen LogP contribution in [-0.4, -0.2) is 33.1 Å². The number of likely N-dealkylation sites (N-methyl/N-ethyl adjacent to an activating group) is 1. The highest BCUT2D eigenvalue weighted by molar-refractivity contribution is 7.98. The minimum absolute atomic E-state index is 0.0356. The van der Waals surface area contributed by atoms with Crippen LogP contribution in [0.2, 0.25) is 0 Å². The zero-order valence-corrected chi connectivity index (χ0v) is 12.7. The van der Waals surface area contributed by atoms with Crippen LogP contribution in [0.1, 0.15) is 11.7 Å². The number of halogens is 2. The van der Waals surface area contributed by atoms with Gasteiger partial charge < -0.3 is 14.8 Å². The predicted molar refractivity (Wildman–Crippen MR) is 77.6 cm³/mol. The first-order valence-electron chi connectivity index (χ1n) is 6.54. The first-order chi connectivity index (χ1) is 11.0. The van der Waals surface area contributed by atoms with Gasteiger partial charge in [0, 0.05) is 19.2 Å². The lowest BCUT2D eigenvalue weighted by Crippen LogP contribution is -2.20. The molecule has 120 valence electrons. The second-order valence-electron chi connectivity index (χ2n) is 4.57. The molecular weight excluding hydrogens is 328 g/mol. The summed E-state index contributed by atoms with van der Waals surface area (Å²) in [5.41, 5.74) is 0.731. The van der Waals surface area contributed by atoms with Crippen LogP contribution in [0.3, 0.4) is 0 Å². The zero-order chi connectivity index (χ0) is 16.4. The van der Waals surface area contributed by atoms with Crippen LogP contribution in [0.25, 0.3) is 11.0 Å². The van der Waals surface area contributed by atoms with Gasteiger partial charge in [-0.3, -0.25) is 4.79 Å². The van der Waals surface area contributed by atoms with Crippen LogP contribution >= 0.6 is 11.8 Å². The number of imidazole rings is 1. The molecule has 1 aromatic carbocycles. The summed E-state index contributed by atoms with van der Waals surface area (Å²) in [5.74, 6) is -1.18. The number of H-pyrrole nitrogens is 1. The average Bonchev–Trinajstić information content (AvgIpc) is 3.12. The molecule has 0 saturated heterocycles. The molecule has 0 spiro atoms. The van der Waals surface area contributed by atoms with E-state index in [1.165, 1.54) is 18.8 Å². The molecule has 0 atom stereocenters. The Balaban J connectivity index is 1.67. The van der Waals surface area contributed by atoms with E-state index in [1.54, 1.807) is 0 Å². The second kappa shape index (κ2) is 6.32. The summed E-state index contributed by atoms with van der Waals surface area (Å²) in [4.78, 5) is 22.3. The van der Waals surface area contributed by atoms with Crippen molar-refractivity contribution < 1.29 is 18.1 Å². The highest BCUT2D eigenvalue weighted by Gasteiger charge is 2.12. The number of aromatic amines is 1. The Bertz CT molecular complexity index is 824. The number of rotatable bonds is 5. The molecular formula is C13H11F2N5O2S. The lowest BCUT2D eigenvalue weighted by Gasteiger charge is -1.92. The molecule has 2 aromatic heterocycles. The first-order valence-corrected chi connectivity index (χ1v) is 7.53. The standard InChI is InChI=1S/C13H11F2N5O2S/c1-16-11(21)4-10-19-12(22-20-10)5-23-13-17-8-2-6(14)7(15)3-9(8)18-13/h2-3H,4-5H2,1H3,(H,16,21)(H,17,18). The van der Waals surface area contributed by atoms with E-state index in [0.717, 1.165) is 12.1 Å². The maximum atomic E-state index is 13.1. The van der Waals surface area contributed by atoms with Crippen LogP contribution in [0.4, 0.5) is 8.78 Å². The van der Waals surface area contributed by atoms with Crippen molar-refractivity contribution in [2.75, 3.05) is 7.05 Å². The van der Waals surface area contributed by atoms with Gasteiger partial charge in [-0.15, -0.1) is 0 Å². The van der Waals surface area contributed by atoms with Gasteiger partial charge in [0.2, 0.25) is 11.8 Å². The van der Waals surface area contributed by atoms with E-state index >= 15 is 0 Å². The van der Waals surface area contributed by atoms with Gasteiger partial charge in [-0.05, 0) is 0 Å². The zero-order valence-electron chi connectivity index (χ0n) is 11.9. The number of carbonyl (C=O) groups excluding carboxylic acids is 1. The number of amides is 1. The molecule has 0 fully saturated rings. The number of nitrogens with zero attached hydrogens (tertiary/aromatic N) is 3. The molecule has 0 aliphatic heterocycles. The van der Waals surface area contributed by atoms with E-state index in [-0.39, 0.29) is 18.2 Å². The maximum absolute atomic E-state index is 13.1. The third kappa shape index (κ3) is 3.47. The third-order valence-corrected chi connectivity index (χ3v) is 3.80. The Morgan fingerprint density at radius 3 is 2.91 bits per heavy atom. The maximum Gasteiger partial charge on any atom is 0.237 e. The van der Waals surface area contributed by atoms with Gasteiger partial charge in [-0.2, -0.15) is 4.98 Å². The van der Waals surface area contributed by atoms with Crippen LogP contribution in [0.15, 0.2) is 21.8 Å². The number of carbonyl (C=O) groups is 1. The van der Waals surface area contributed by atoms with Gasteiger partial charge in [0.25, 0.3) is 0 Å². The normalized spacial score (nSPS) is 11.1. The Morgan fingerprint density at radius 2 is 2.13 bits per heavy atom. The summed E-state index contributed by atoms with van der Waals surface area (Å²) < 4.78 is 31.3. The molecule has 10 heteroatoms. The molecule has 0 bridgehead atoms. The number of aromatic nitrogens is 4. The second-order valence-corrected chi connectivity index (χ2v) is 5.53. The summed E-state index contributed by atoms with van der Waals surface area (Å²) in [6, 6.07) is 2.08. The number of benzene rings is 1. The molecule has 7 nitrogen and oxygen atoms in total. The molecule has 23 heavy (non-hydrogen) atoms. The van der Waals surface area contributed by atoms with Crippen molar-refractivity contribution in [1.82, 2.24) is 25.4 Å². The van der Waals surface area contributed by atoms with Gasteiger partial charge in [0.1, 0.15) is 0 Å². The van der Waals surface area contributed by atoms with Crippen LogP contribution < -0.4 is 5.32 Å². The van der Waals surface area contributed by atoms with E-state index in [9.17, 15) is 13.6 Å². The van der Waals surface area contributed by atoms with E-state index in [4.69, 9.17) is 4.52 Å². The van der Waals surface area contributed by atoms with Crippen molar-refractivity contribution in [3.8, 4) is 0 Å². The summed E-state index contributed by atoms with van der Waals surface area (Å²) in [6.07, 6.45) is 0.0356. The Labute approximate surface area is 132 Å². The van der Waals surface area contributed by atoms with E-state index in [2.05, 4.69) is 25.4 Å². The highest BCUT2D eigenvalue weighted by atomic mass is 32.2. The first kappa shape index (κ1) is 15.4. The average molecular weight is 339 g/mol. The van der Waals surface area contributed by atoms with Gasteiger partial charge in [0.05, 0.1) is 23.2 Å². The van der Waals surface area contributed by atoms with Gasteiger partial charge >= 0.3 is 0 Å². The van der Waals surface area contributed by atoms with Crippen molar-refractivity contribution in [3.05, 3.63) is 35.5 Å². The highest BCUT2D eigenvalue weighted by Crippen LogP contribution is 2.24. The molecule has 1 amide bonds. The number of thioether (sulfide) groups is 1. The smallest absolute Gasteiger partial charge is 0.237 e. The van der Waals surface area contributed by atoms with Crippen molar-refractivity contribution in [2.45, 2.75) is 17.3 Å². The van der Waals surface area contributed by atoms with Gasteiger partial charge in [-0.25, -0.2) is 13.8 Å². The number of hydrogen-bond acceptors (Lipinski definition) is 6. The molecule has 3 aromatic rings. The Kier molecular flexibility index (Phi) is 4.24. The molecule has 0 radical (unpaired) electrons. The largest absolute Gasteiger partial charge is 0.359 e. The van der Waals surface area contributed by atoms with Crippen molar-refractivity contribution in [2.24, 2.45) is 0 Å². The number of fused-ring (bicyclic) bond motifs is 1. The van der Waals surface area contributed by atoms with E-state index < -0.39 is 11.6 Å².